The van der Waals surface area contributed by atoms with Crippen LogP contribution in [0.1, 0.15) is 25.7 Å². The Balaban J connectivity index is 2.46. The van der Waals surface area contributed by atoms with Crippen LogP contribution < -0.4 is 0 Å². The first kappa shape index (κ1) is 15.5. The zero-order chi connectivity index (χ0) is 15.6. The number of sulfone groups is 1. The summed E-state index contributed by atoms with van der Waals surface area (Å²) in [6.07, 6.45) is 1.51. The summed E-state index contributed by atoms with van der Waals surface area (Å²) in [7, 11) is -3.59. The van der Waals surface area contributed by atoms with Crippen molar-refractivity contribution in [3.8, 4) is 0 Å². The van der Waals surface area contributed by atoms with Crippen LogP contribution in [-0.4, -0.2) is 19.5 Å². The number of benzene rings is 1. The summed E-state index contributed by atoms with van der Waals surface area (Å²) in [5.74, 6) is -1.45. The van der Waals surface area contributed by atoms with Crippen LogP contribution in [0.25, 0.3) is 6.08 Å². The highest BCUT2D eigenvalue weighted by molar-refractivity contribution is 7.90. The fourth-order valence-electron chi connectivity index (χ4n) is 2.03. The van der Waals surface area contributed by atoms with Gasteiger partial charge in [-0.05, 0) is 30.2 Å². The fraction of sp³-hybridized carbons (Fsp3) is 0.133. The van der Waals surface area contributed by atoms with E-state index in [1.807, 2.05) is 0 Å². The van der Waals surface area contributed by atoms with Crippen molar-refractivity contribution >= 4 is 33.2 Å². The van der Waals surface area contributed by atoms with Gasteiger partial charge in [-0.25, -0.2) is 13.2 Å². The minimum atomic E-state index is -3.59. The number of thiophene rings is 1. The van der Waals surface area contributed by atoms with Crippen LogP contribution in [0, 0.1) is 6.92 Å². The van der Waals surface area contributed by atoms with E-state index >= 15 is 0 Å². The summed E-state index contributed by atoms with van der Waals surface area (Å²) in [5.41, 5.74) is 0.944. The standard InChI is InChI=1S/C15H14O4S2/c1-3-12-8-11(14(20-12)15(16)17)9-21(18,19)13-7-5-4-6-10(13)2/h3-8H,1,9H2,2H3,(H,16,17). The topological polar surface area (TPSA) is 71.4 Å². The van der Waals surface area contributed by atoms with Crippen molar-refractivity contribution in [2.45, 2.75) is 17.6 Å². The lowest BCUT2D eigenvalue weighted by molar-refractivity contribution is 0.0701. The third-order valence-electron chi connectivity index (χ3n) is 3.00. The third kappa shape index (κ3) is 3.22. The molecule has 0 unspecified atom stereocenters. The highest BCUT2D eigenvalue weighted by atomic mass is 32.2. The molecule has 1 aromatic carbocycles. The Morgan fingerprint density at radius 1 is 1.38 bits per heavy atom. The Kier molecular flexibility index (Phi) is 4.29. The van der Waals surface area contributed by atoms with Gasteiger partial charge in [0.2, 0.25) is 0 Å². The molecule has 0 atom stereocenters. The lowest BCUT2D eigenvalue weighted by Gasteiger charge is -2.07. The van der Waals surface area contributed by atoms with E-state index < -0.39 is 15.8 Å². The van der Waals surface area contributed by atoms with Gasteiger partial charge in [-0.1, -0.05) is 30.9 Å². The van der Waals surface area contributed by atoms with Gasteiger partial charge in [0.25, 0.3) is 0 Å². The predicted molar refractivity (Wildman–Crippen MR) is 83.4 cm³/mol. The summed E-state index contributed by atoms with van der Waals surface area (Å²) >= 11 is 1.03. The number of carboxylic acid groups (broad SMARTS) is 1. The molecule has 0 aliphatic heterocycles. The summed E-state index contributed by atoms with van der Waals surface area (Å²) < 4.78 is 25.0. The first-order valence-corrected chi connectivity index (χ1v) is 8.59. The summed E-state index contributed by atoms with van der Waals surface area (Å²) in [5, 5.41) is 9.18. The monoisotopic (exact) mass is 322 g/mol. The van der Waals surface area contributed by atoms with Gasteiger partial charge in [0, 0.05) is 4.88 Å². The Morgan fingerprint density at radius 3 is 2.62 bits per heavy atom. The van der Waals surface area contributed by atoms with E-state index in [-0.39, 0.29) is 15.5 Å². The normalized spacial score (nSPS) is 11.3. The molecule has 0 spiro atoms. The van der Waals surface area contributed by atoms with Gasteiger partial charge < -0.3 is 5.11 Å². The van der Waals surface area contributed by atoms with Crippen molar-refractivity contribution in [2.24, 2.45) is 0 Å². The number of aryl methyl sites for hydroxylation is 1. The van der Waals surface area contributed by atoms with Gasteiger partial charge in [-0.3, -0.25) is 0 Å². The predicted octanol–water partition coefficient (Wildman–Crippen LogP) is 3.37. The number of carbonyl (C=O) groups is 1. The summed E-state index contributed by atoms with van der Waals surface area (Å²) in [4.78, 5) is 12.1. The molecule has 0 amide bonds. The molecule has 110 valence electrons. The molecule has 0 saturated heterocycles. The number of hydrogen-bond acceptors (Lipinski definition) is 4. The number of aromatic carboxylic acids is 1. The molecule has 0 aliphatic rings. The first-order valence-electron chi connectivity index (χ1n) is 6.12. The van der Waals surface area contributed by atoms with Gasteiger partial charge in [-0.15, -0.1) is 11.3 Å². The molecule has 0 saturated carbocycles. The first-order chi connectivity index (χ1) is 9.85. The van der Waals surface area contributed by atoms with Crippen molar-refractivity contribution in [1.82, 2.24) is 0 Å². The van der Waals surface area contributed by atoms with E-state index in [0.717, 1.165) is 11.3 Å². The molecule has 4 nitrogen and oxygen atoms in total. The SMILES string of the molecule is C=Cc1cc(CS(=O)(=O)c2ccccc2C)c(C(=O)O)s1. The van der Waals surface area contributed by atoms with E-state index in [9.17, 15) is 18.3 Å². The lowest BCUT2D eigenvalue weighted by atomic mass is 10.2. The van der Waals surface area contributed by atoms with E-state index in [4.69, 9.17) is 0 Å². The molecule has 0 bridgehead atoms. The number of hydrogen-bond donors (Lipinski definition) is 1. The van der Waals surface area contributed by atoms with Crippen molar-refractivity contribution in [3.63, 3.8) is 0 Å². The minimum Gasteiger partial charge on any atom is -0.477 e. The second-order valence-electron chi connectivity index (χ2n) is 4.54. The Hall–Kier alpha value is -1.92. The van der Waals surface area contributed by atoms with Crippen LogP contribution in [0.5, 0.6) is 0 Å². The molecular weight excluding hydrogens is 308 g/mol. The average molecular weight is 322 g/mol. The van der Waals surface area contributed by atoms with E-state index in [2.05, 4.69) is 6.58 Å². The van der Waals surface area contributed by atoms with E-state index in [0.29, 0.717) is 16.0 Å². The highest BCUT2D eigenvalue weighted by Gasteiger charge is 2.23. The maximum Gasteiger partial charge on any atom is 0.346 e. The minimum absolute atomic E-state index is 0.0436. The fourth-order valence-corrected chi connectivity index (χ4v) is 4.62. The Bertz CT molecular complexity index is 801. The maximum atomic E-state index is 12.5. The van der Waals surface area contributed by atoms with Gasteiger partial charge in [0.05, 0.1) is 10.6 Å². The molecule has 0 aliphatic carbocycles. The third-order valence-corrected chi connectivity index (χ3v) is 5.98. The van der Waals surface area contributed by atoms with Crippen LogP contribution in [-0.2, 0) is 15.6 Å². The largest absolute Gasteiger partial charge is 0.477 e. The smallest absolute Gasteiger partial charge is 0.346 e. The molecular formula is C15H14O4S2. The highest BCUT2D eigenvalue weighted by Crippen LogP contribution is 2.28. The molecule has 1 N–H and O–H groups in total. The molecule has 21 heavy (non-hydrogen) atoms. The Labute approximate surface area is 127 Å². The van der Waals surface area contributed by atoms with Crippen molar-refractivity contribution in [3.05, 3.63) is 57.8 Å². The molecule has 0 radical (unpaired) electrons. The molecule has 0 fully saturated rings. The molecule has 6 heteroatoms. The lowest BCUT2D eigenvalue weighted by Crippen LogP contribution is -2.08. The average Bonchev–Trinajstić information content (AvgIpc) is 2.81. The second kappa shape index (κ2) is 5.83. The van der Waals surface area contributed by atoms with Gasteiger partial charge in [0.1, 0.15) is 4.88 Å². The van der Waals surface area contributed by atoms with E-state index in [1.54, 1.807) is 31.2 Å². The molecule has 2 aromatic rings. The van der Waals surface area contributed by atoms with E-state index in [1.165, 1.54) is 12.1 Å². The molecule has 1 heterocycles. The molecule has 1 aromatic heterocycles. The van der Waals surface area contributed by atoms with Crippen LogP contribution >= 0.6 is 11.3 Å². The van der Waals surface area contributed by atoms with Crippen molar-refractivity contribution < 1.29 is 18.3 Å². The van der Waals surface area contributed by atoms with Crippen LogP contribution in [0.3, 0.4) is 0 Å². The van der Waals surface area contributed by atoms with Crippen LogP contribution in [0.4, 0.5) is 0 Å². The van der Waals surface area contributed by atoms with Crippen molar-refractivity contribution in [2.75, 3.05) is 0 Å². The quantitative estimate of drug-likeness (QED) is 0.916. The summed E-state index contributed by atoms with van der Waals surface area (Å²) in [6.45, 7) is 5.30. The van der Waals surface area contributed by atoms with Gasteiger partial charge in [0.15, 0.2) is 9.84 Å². The Morgan fingerprint density at radius 2 is 2.05 bits per heavy atom. The summed E-state index contributed by atoms with van der Waals surface area (Å²) in [6, 6.07) is 8.23. The molecule has 2 rings (SSSR count). The van der Waals surface area contributed by atoms with Gasteiger partial charge >= 0.3 is 5.97 Å². The van der Waals surface area contributed by atoms with Gasteiger partial charge in [-0.2, -0.15) is 0 Å². The zero-order valence-electron chi connectivity index (χ0n) is 11.4. The van der Waals surface area contributed by atoms with Crippen LogP contribution in [0.15, 0.2) is 41.8 Å². The zero-order valence-corrected chi connectivity index (χ0v) is 13.0. The number of carboxylic acids is 1. The maximum absolute atomic E-state index is 12.5. The number of rotatable bonds is 5. The van der Waals surface area contributed by atoms with Crippen LogP contribution in [0.2, 0.25) is 0 Å². The van der Waals surface area contributed by atoms with Crippen molar-refractivity contribution in [1.29, 1.82) is 0 Å². The second-order valence-corrected chi connectivity index (χ2v) is 7.58.